The lowest BCUT2D eigenvalue weighted by molar-refractivity contribution is 0.0697. The van der Waals surface area contributed by atoms with Gasteiger partial charge in [0.15, 0.2) is 11.4 Å². The average molecular weight is 433 g/mol. The first kappa shape index (κ1) is 21.3. The number of carboxylic acids is 1. The number of aryl methyl sites for hydroxylation is 1. The summed E-state index contributed by atoms with van der Waals surface area (Å²) < 4.78 is 6.70. The van der Waals surface area contributed by atoms with Gasteiger partial charge < -0.3 is 20.1 Å². The molecule has 3 heterocycles. The summed E-state index contributed by atoms with van der Waals surface area (Å²) in [5.74, 6) is -0.691. The number of methoxy groups -OCH3 is 1. The van der Waals surface area contributed by atoms with Gasteiger partial charge in [0, 0.05) is 37.6 Å². The highest BCUT2D eigenvalue weighted by atomic mass is 16.5. The Balaban J connectivity index is 1.83. The summed E-state index contributed by atoms with van der Waals surface area (Å²) in [5.41, 5.74) is 2.13. The van der Waals surface area contributed by atoms with E-state index in [0.717, 1.165) is 11.1 Å². The maximum absolute atomic E-state index is 13.1. The van der Waals surface area contributed by atoms with Crippen molar-refractivity contribution in [3.05, 3.63) is 69.1 Å². The Morgan fingerprint density at radius 1 is 1.38 bits per heavy atom. The molecule has 9 nitrogen and oxygen atoms in total. The van der Waals surface area contributed by atoms with Crippen LogP contribution in [0.15, 0.2) is 41.3 Å². The van der Waals surface area contributed by atoms with E-state index >= 15 is 0 Å². The Bertz CT molecular complexity index is 1300. The largest absolute Gasteiger partial charge is 0.478 e. The number of aromatic nitrogens is 2. The van der Waals surface area contributed by atoms with Crippen LogP contribution in [-0.2, 0) is 4.74 Å². The number of carbonyl (C=O) groups is 1. The van der Waals surface area contributed by atoms with E-state index in [-0.39, 0.29) is 23.3 Å². The standard InChI is InChI=1S/C23H23N5O4/c1-13-8-17(14(2)25-19-7-5-4-6-16(19)23(30)31)21-26-20(27-11-15(12-27)32-3)18(9-24)22(29)28(21)10-13/h4-8,10,14-15,25H,11-12H2,1-3H3,(H,30,31)/t14-/m1/s1. The first-order valence-corrected chi connectivity index (χ1v) is 10.2. The van der Waals surface area contributed by atoms with Crippen LogP contribution in [0.1, 0.15) is 40.0 Å². The third-order valence-electron chi connectivity index (χ3n) is 5.66. The van der Waals surface area contributed by atoms with Crippen molar-refractivity contribution < 1.29 is 14.6 Å². The van der Waals surface area contributed by atoms with Crippen LogP contribution in [0.2, 0.25) is 0 Å². The van der Waals surface area contributed by atoms with Gasteiger partial charge in [0.05, 0.1) is 17.7 Å². The number of hydrogen-bond acceptors (Lipinski definition) is 7. The lowest BCUT2D eigenvalue weighted by atomic mass is 10.1. The number of benzene rings is 1. The average Bonchev–Trinajstić information content (AvgIpc) is 2.73. The highest BCUT2D eigenvalue weighted by molar-refractivity contribution is 5.94. The second-order valence-corrected chi connectivity index (χ2v) is 7.87. The summed E-state index contributed by atoms with van der Waals surface area (Å²) in [4.78, 5) is 31.3. The van der Waals surface area contributed by atoms with Gasteiger partial charge in [0.2, 0.25) is 0 Å². The quantitative estimate of drug-likeness (QED) is 0.609. The fraction of sp³-hybridized carbons (Fsp3) is 0.304. The van der Waals surface area contributed by atoms with Gasteiger partial charge in [-0.1, -0.05) is 12.1 Å². The molecule has 3 aromatic rings. The number of hydrogen-bond donors (Lipinski definition) is 2. The summed E-state index contributed by atoms with van der Waals surface area (Å²) in [6.45, 7) is 4.83. The highest BCUT2D eigenvalue weighted by Gasteiger charge is 2.31. The predicted molar refractivity (Wildman–Crippen MR) is 119 cm³/mol. The summed E-state index contributed by atoms with van der Waals surface area (Å²) in [7, 11) is 1.62. The molecule has 0 radical (unpaired) electrons. The minimum absolute atomic E-state index is 0.00885. The molecule has 2 aromatic heterocycles. The molecule has 0 aliphatic carbocycles. The molecule has 0 spiro atoms. The van der Waals surface area contributed by atoms with Gasteiger partial charge in [-0.25, -0.2) is 9.78 Å². The molecule has 32 heavy (non-hydrogen) atoms. The molecule has 9 heteroatoms. The Hall–Kier alpha value is -3.90. The molecule has 0 amide bonds. The van der Waals surface area contributed by atoms with Gasteiger partial charge in [-0.2, -0.15) is 5.26 Å². The van der Waals surface area contributed by atoms with E-state index in [0.29, 0.717) is 30.2 Å². The zero-order valence-electron chi connectivity index (χ0n) is 18.0. The van der Waals surface area contributed by atoms with Gasteiger partial charge in [0.25, 0.3) is 5.56 Å². The number of pyridine rings is 1. The van der Waals surface area contributed by atoms with Gasteiger partial charge in [0.1, 0.15) is 11.7 Å². The van der Waals surface area contributed by atoms with Crippen molar-refractivity contribution in [1.82, 2.24) is 9.38 Å². The Kier molecular flexibility index (Phi) is 5.55. The fourth-order valence-corrected chi connectivity index (χ4v) is 3.91. The van der Waals surface area contributed by atoms with Crippen LogP contribution < -0.4 is 15.8 Å². The van der Waals surface area contributed by atoms with Crippen LogP contribution in [0, 0.1) is 18.3 Å². The zero-order valence-corrected chi connectivity index (χ0v) is 18.0. The third-order valence-corrected chi connectivity index (χ3v) is 5.66. The van der Waals surface area contributed by atoms with Gasteiger partial charge in [-0.3, -0.25) is 9.20 Å². The van der Waals surface area contributed by atoms with Gasteiger partial charge >= 0.3 is 5.97 Å². The normalized spacial score (nSPS) is 14.6. The van der Waals surface area contributed by atoms with Crippen molar-refractivity contribution >= 4 is 23.1 Å². The molecule has 0 bridgehead atoms. The predicted octanol–water partition coefficient (Wildman–Crippen LogP) is 2.58. The zero-order chi connectivity index (χ0) is 23.0. The first-order chi connectivity index (χ1) is 15.3. The summed E-state index contributed by atoms with van der Waals surface area (Å²) in [5, 5.41) is 22.4. The topological polar surface area (TPSA) is 120 Å². The maximum Gasteiger partial charge on any atom is 0.337 e. The van der Waals surface area contributed by atoms with Crippen LogP contribution in [0.3, 0.4) is 0 Å². The first-order valence-electron chi connectivity index (χ1n) is 10.2. The van der Waals surface area contributed by atoms with E-state index in [4.69, 9.17) is 9.72 Å². The summed E-state index contributed by atoms with van der Waals surface area (Å²) in [6, 6.07) is 10.2. The number of anilines is 2. The smallest absolute Gasteiger partial charge is 0.337 e. The number of para-hydroxylation sites is 1. The molecule has 1 atom stereocenters. The lowest BCUT2D eigenvalue weighted by Crippen LogP contribution is -2.53. The fourth-order valence-electron chi connectivity index (χ4n) is 3.91. The SMILES string of the molecule is COC1CN(c2nc3c([C@@H](C)Nc4ccccc4C(=O)O)cc(C)cn3c(=O)c2C#N)C1. The van der Waals surface area contributed by atoms with Gasteiger partial charge in [-0.05, 0) is 37.6 Å². The van der Waals surface area contributed by atoms with Crippen molar-refractivity contribution in [3.63, 3.8) is 0 Å². The third kappa shape index (κ3) is 3.65. The second-order valence-electron chi connectivity index (χ2n) is 7.87. The molecule has 1 aliphatic rings. The molecule has 2 N–H and O–H groups in total. The molecule has 1 saturated heterocycles. The molecule has 0 saturated carbocycles. The Morgan fingerprint density at radius 2 is 2.09 bits per heavy atom. The van der Waals surface area contributed by atoms with Crippen LogP contribution in [-0.4, -0.2) is 46.8 Å². The van der Waals surface area contributed by atoms with Gasteiger partial charge in [-0.15, -0.1) is 0 Å². The molecule has 164 valence electrons. The van der Waals surface area contributed by atoms with Crippen molar-refractivity contribution in [3.8, 4) is 6.07 Å². The molecule has 0 unspecified atom stereocenters. The number of fused-ring (bicyclic) bond motifs is 1. The number of nitriles is 1. The summed E-state index contributed by atoms with van der Waals surface area (Å²) in [6.07, 6.45) is 1.69. The van der Waals surface area contributed by atoms with E-state index in [1.165, 1.54) is 10.5 Å². The van der Waals surface area contributed by atoms with Crippen LogP contribution in [0.5, 0.6) is 0 Å². The van der Waals surface area contributed by atoms with E-state index in [1.54, 1.807) is 31.5 Å². The highest BCUT2D eigenvalue weighted by Crippen LogP contribution is 2.28. The van der Waals surface area contributed by atoms with Crippen LogP contribution >= 0.6 is 0 Å². The van der Waals surface area contributed by atoms with E-state index in [1.807, 2.05) is 30.9 Å². The van der Waals surface area contributed by atoms with Crippen molar-refractivity contribution in [1.29, 1.82) is 5.26 Å². The van der Waals surface area contributed by atoms with E-state index in [9.17, 15) is 20.0 Å². The number of carboxylic acid groups (broad SMARTS) is 1. The van der Waals surface area contributed by atoms with Crippen molar-refractivity contribution in [2.24, 2.45) is 0 Å². The van der Waals surface area contributed by atoms with Crippen LogP contribution in [0.25, 0.3) is 5.65 Å². The molecule has 1 aromatic carbocycles. The number of rotatable bonds is 6. The van der Waals surface area contributed by atoms with E-state index in [2.05, 4.69) is 5.32 Å². The number of nitrogens with one attached hydrogen (secondary N) is 1. The lowest BCUT2D eigenvalue weighted by Gasteiger charge is -2.39. The van der Waals surface area contributed by atoms with Crippen molar-refractivity contribution in [2.45, 2.75) is 26.0 Å². The molecular formula is C23H23N5O4. The monoisotopic (exact) mass is 433 g/mol. The van der Waals surface area contributed by atoms with Crippen molar-refractivity contribution in [2.75, 3.05) is 30.4 Å². The molecule has 1 aliphatic heterocycles. The maximum atomic E-state index is 13.1. The molecule has 1 fully saturated rings. The van der Waals surface area contributed by atoms with Crippen LogP contribution in [0.4, 0.5) is 11.5 Å². The molecule has 4 rings (SSSR count). The molecular weight excluding hydrogens is 410 g/mol. The number of aromatic carboxylic acids is 1. The minimum atomic E-state index is -1.03. The Morgan fingerprint density at radius 3 is 2.75 bits per heavy atom. The summed E-state index contributed by atoms with van der Waals surface area (Å²) >= 11 is 0. The second kappa shape index (κ2) is 8.32. The number of ether oxygens (including phenoxy) is 1. The number of nitrogens with zero attached hydrogens (tertiary/aromatic N) is 4. The minimum Gasteiger partial charge on any atom is -0.478 e. The van der Waals surface area contributed by atoms with E-state index < -0.39 is 11.5 Å². The Labute approximate surface area is 184 Å².